The zero-order valence-electron chi connectivity index (χ0n) is 1.45. The first-order valence-corrected chi connectivity index (χ1v) is 0.866. The summed E-state index contributed by atoms with van der Waals surface area (Å²) >= 11 is 0.611. The maximum absolute atomic E-state index is 8.28. The van der Waals surface area contributed by atoms with Gasteiger partial charge in [-0.3, -0.25) is 0 Å². The zero-order chi connectivity index (χ0) is 2.00. The summed E-state index contributed by atoms with van der Waals surface area (Å²) in [5.41, 5.74) is 0. The normalized spacial score (nSPS) is 0.750. The molecule has 0 bridgehead atoms. The van der Waals surface area contributed by atoms with E-state index in [9.17, 15) is 0 Å². The molecule has 0 amide bonds. The molecule has 0 spiro atoms. The van der Waals surface area contributed by atoms with E-state index >= 15 is 0 Å². The Labute approximate surface area is 83.8 Å². The third kappa shape index (κ3) is 8.83. The van der Waals surface area contributed by atoms with Crippen LogP contribution in [0.25, 0.3) is 0 Å². The van der Waals surface area contributed by atoms with Gasteiger partial charge in [0.2, 0.25) is 0 Å². The van der Waals surface area contributed by atoms with Gasteiger partial charge in [0.15, 0.2) is 0 Å². The van der Waals surface area contributed by atoms with Gasteiger partial charge in [-0.1, -0.05) is 0 Å². The molecule has 0 aromatic heterocycles. The van der Waals surface area contributed by atoms with Crippen molar-refractivity contribution in [1.29, 1.82) is 0 Å². The minimum atomic E-state index is 0. The Morgan fingerprint density at radius 3 is 1.25 bits per heavy atom. The predicted octanol–water partition coefficient (Wildman–Crippen LogP) is -1.69. The van der Waals surface area contributed by atoms with Crippen molar-refractivity contribution in [3.05, 3.63) is 0 Å². The van der Waals surface area contributed by atoms with Crippen LogP contribution in [0.1, 0.15) is 0 Å². The standard InChI is InChI=1S/Al.Ba.Co.O.3H. The van der Waals surface area contributed by atoms with Crippen LogP contribution >= 0.6 is 0 Å². The van der Waals surface area contributed by atoms with E-state index in [4.69, 9.17) is 3.80 Å². The summed E-state index contributed by atoms with van der Waals surface area (Å²) in [4.78, 5) is 0. The van der Waals surface area contributed by atoms with Crippen molar-refractivity contribution in [2.75, 3.05) is 0 Å². The van der Waals surface area contributed by atoms with Crippen LogP contribution < -0.4 is 0 Å². The number of rotatable bonds is 0. The SMILES string of the molecule is [BaH2].[Co].[O]=[AlH]. The molecule has 0 saturated carbocycles. The average Bonchev–Trinajstić information content (AvgIpc) is 1.00. The van der Waals surface area contributed by atoms with E-state index in [2.05, 4.69) is 0 Å². The first kappa shape index (κ1) is 16.1. The topological polar surface area (TPSA) is 17.1 Å². The number of hydrogen-bond donors (Lipinski definition) is 0. The van der Waals surface area contributed by atoms with Gasteiger partial charge in [0, 0.05) is 16.8 Å². The molecule has 0 aromatic rings. The van der Waals surface area contributed by atoms with Crippen molar-refractivity contribution < 1.29 is 20.6 Å². The molecule has 1 nitrogen and oxygen atoms in total. The van der Waals surface area contributed by atoms with Crippen molar-refractivity contribution in [2.45, 2.75) is 0 Å². The maximum atomic E-state index is 8.28. The second-order valence-electron chi connectivity index (χ2n) is 0. The molecule has 0 aliphatic heterocycles. The average molecular weight is 242 g/mol. The summed E-state index contributed by atoms with van der Waals surface area (Å²) in [6, 6.07) is 0. The summed E-state index contributed by atoms with van der Waals surface area (Å²) in [5.74, 6) is 0. The first-order valence-electron chi connectivity index (χ1n) is 0.289. The molecule has 4 heteroatoms. The van der Waals surface area contributed by atoms with Crippen LogP contribution in [0.3, 0.4) is 0 Å². The molecule has 0 saturated heterocycles. The molecule has 1 radical (unpaired) electrons. The van der Waals surface area contributed by atoms with Crippen LogP contribution in [0, 0.1) is 0 Å². The van der Waals surface area contributed by atoms with Gasteiger partial charge in [-0.15, -0.1) is 0 Å². The summed E-state index contributed by atoms with van der Waals surface area (Å²) in [7, 11) is 0. The molecule has 23 valence electrons. The van der Waals surface area contributed by atoms with Crippen LogP contribution in [0.4, 0.5) is 0 Å². The Bertz CT molecular complexity index is 8.00. The fraction of sp³-hybridized carbons (Fsp3) is 0. The van der Waals surface area contributed by atoms with E-state index in [-0.39, 0.29) is 65.7 Å². The third-order valence-corrected chi connectivity index (χ3v) is 0. The number of hydrogen-bond acceptors (Lipinski definition) is 1. The van der Waals surface area contributed by atoms with Crippen molar-refractivity contribution in [3.8, 4) is 0 Å². The van der Waals surface area contributed by atoms with Crippen molar-refractivity contribution in [1.82, 2.24) is 0 Å². The molecule has 0 unspecified atom stereocenters. The predicted molar refractivity (Wildman–Crippen MR) is 16.4 cm³/mol. The Morgan fingerprint density at radius 2 is 1.25 bits per heavy atom. The second-order valence-corrected chi connectivity index (χ2v) is 0. The van der Waals surface area contributed by atoms with Crippen LogP contribution in [0.15, 0.2) is 0 Å². The molecule has 0 heterocycles. The minimum absolute atomic E-state index is 0. The second kappa shape index (κ2) is 18.1. The fourth-order valence-corrected chi connectivity index (χ4v) is 0. The quantitative estimate of drug-likeness (QED) is 0.464. The van der Waals surface area contributed by atoms with Gasteiger partial charge in [-0.25, -0.2) is 0 Å². The van der Waals surface area contributed by atoms with Gasteiger partial charge in [0.05, 0.1) is 0 Å². The van der Waals surface area contributed by atoms with Gasteiger partial charge in [0.1, 0.15) is 0 Å². The van der Waals surface area contributed by atoms with Gasteiger partial charge >= 0.3 is 68.9 Å². The van der Waals surface area contributed by atoms with Crippen LogP contribution in [-0.4, -0.2) is 65.1 Å². The molecule has 0 atom stereocenters. The van der Waals surface area contributed by atoms with Crippen molar-refractivity contribution >= 4 is 65.1 Å². The van der Waals surface area contributed by atoms with Crippen molar-refractivity contribution in [2.24, 2.45) is 0 Å². The molecule has 4 heavy (non-hydrogen) atoms. The monoisotopic (exact) mass is 243 g/mol. The zero-order valence-corrected chi connectivity index (χ0v) is 3.90. The molecule has 0 aromatic carbocycles. The molecule has 0 rings (SSSR count). The van der Waals surface area contributed by atoms with Crippen LogP contribution in [0.5, 0.6) is 0 Å². The van der Waals surface area contributed by atoms with E-state index in [0.717, 1.165) is 0 Å². The molecule has 0 aliphatic carbocycles. The molecule has 0 aliphatic rings. The summed E-state index contributed by atoms with van der Waals surface area (Å²) in [6.07, 6.45) is 0. The molecule has 0 fully saturated rings. The molecular weight excluding hydrogens is 239 g/mol. The van der Waals surface area contributed by atoms with Gasteiger partial charge in [-0.05, 0) is 0 Å². The van der Waals surface area contributed by atoms with E-state index in [1.54, 1.807) is 0 Å². The molecular formula is H3AlBaCoO. The Morgan fingerprint density at radius 1 is 1.25 bits per heavy atom. The van der Waals surface area contributed by atoms with E-state index in [0.29, 0.717) is 16.2 Å². The van der Waals surface area contributed by atoms with Crippen LogP contribution in [-0.2, 0) is 20.6 Å². The third-order valence-electron chi connectivity index (χ3n) is 0. The molecule has 0 N–H and O–H groups in total. The fourth-order valence-electron chi connectivity index (χ4n) is 0. The van der Waals surface area contributed by atoms with Crippen molar-refractivity contribution in [3.63, 3.8) is 0 Å². The summed E-state index contributed by atoms with van der Waals surface area (Å²) in [6.45, 7) is 0. The van der Waals surface area contributed by atoms with E-state index in [1.165, 1.54) is 0 Å². The van der Waals surface area contributed by atoms with E-state index in [1.807, 2.05) is 0 Å². The Balaban J connectivity index is -0.00000000500. The Kier molecular flexibility index (Phi) is 73.1. The van der Waals surface area contributed by atoms with Gasteiger partial charge in [-0.2, -0.15) is 0 Å². The van der Waals surface area contributed by atoms with E-state index < -0.39 is 0 Å². The first-order chi connectivity index (χ1) is 1.00. The summed E-state index contributed by atoms with van der Waals surface area (Å²) in [5, 5.41) is 0. The van der Waals surface area contributed by atoms with Crippen LogP contribution in [0.2, 0.25) is 0 Å². The van der Waals surface area contributed by atoms with Gasteiger partial charge < -0.3 is 0 Å². The summed E-state index contributed by atoms with van der Waals surface area (Å²) < 4.78 is 8.28. The van der Waals surface area contributed by atoms with Gasteiger partial charge in [0.25, 0.3) is 0 Å². The Hall–Kier alpha value is 2.41.